The topological polar surface area (TPSA) is 78.3 Å². The number of rotatable bonds is 6. The van der Waals surface area contributed by atoms with E-state index in [4.69, 9.17) is 0 Å². The lowest BCUT2D eigenvalue weighted by Crippen LogP contribution is -2.15. The molecular weight excluding hydrogens is 352 g/mol. The Morgan fingerprint density at radius 3 is 2.33 bits per heavy atom. The van der Waals surface area contributed by atoms with E-state index in [9.17, 15) is 8.78 Å². The summed E-state index contributed by atoms with van der Waals surface area (Å²) >= 11 is 0. The SMILES string of the molecule is CN(C)c1nc(NN=Cc2ccccc2F)nc(Nc2ccc(F)cc2)n1. The van der Waals surface area contributed by atoms with Gasteiger partial charge in [0.15, 0.2) is 0 Å². The largest absolute Gasteiger partial charge is 0.347 e. The highest BCUT2D eigenvalue weighted by Crippen LogP contribution is 2.17. The van der Waals surface area contributed by atoms with Gasteiger partial charge in [0.1, 0.15) is 11.6 Å². The molecule has 0 amide bonds. The van der Waals surface area contributed by atoms with Crippen LogP contribution < -0.4 is 15.6 Å². The van der Waals surface area contributed by atoms with Gasteiger partial charge in [-0.05, 0) is 30.3 Å². The number of nitrogens with one attached hydrogen (secondary N) is 2. The molecule has 3 aromatic rings. The van der Waals surface area contributed by atoms with Gasteiger partial charge >= 0.3 is 0 Å². The fourth-order valence-electron chi connectivity index (χ4n) is 2.07. The quantitative estimate of drug-likeness (QED) is 0.512. The smallest absolute Gasteiger partial charge is 0.250 e. The van der Waals surface area contributed by atoms with E-state index in [1.807, 2.05) is 0 Å². The third-order valence-electron chi connectivity index (χ3n) is 3.40. The van der Waals surface area contributed by atoms with Crippen LogP contribution in [-0.2, 0) is 0 Å². The molecule has 0 spiro atoms. The van der Waals surface area contributed by atoms with Gasteiger partial charge in [0.05, 0.1) is 6.21 Å². The average molecular weight is 369 g/mol. The lowest BCUT2D eigenvalue weighted by molar-refractivity contribution is 0.626. The first-order valence-electron chi connectivity index (χ1n) is 8.01. The summed E-state index contributed by atoms with van der Waals surface area (Å²) in [5, 5.41) is 6.95. The number of hydrazone groups is 1. The zero-order valence-corrected chi connectivity index (χ0v) is 14.7. The minimum absolute atomic E-state index is 0.172. The number of anilines is 4. The van der Waals surface area contributed by atoms with Gasteiger partial charge in [0.2, 0.25) is 17.8 Å². The number of hydrogen-bond donors (Lipinski definition) is 2. The highest BCUT2D eigenvalue weighted by Gasteiger charge is 2.08. The molecule has 1 heterocycles. The summed E-state index contributed by atoms with van der Waals surface area (Å²) in [6.45, 7) is 0. The maximum absolute atomic E-state index is 13.6. The van der Waals surface area contributed by atoms with Gasteiger partial charge < -0.3 is 10.2 Å². The van der Waals surface area contributed by atoms with Crippen molar-refractivity contribution in [3.63, 3.8) is 0 Å². The fourth-order valence-corrected chi connectivity index (χ4v) is 2.07. The summed E-state index contributed by atoms with van der Waals surface area (Å²) in [4.78, 5) is 14.4. The lowest BCUT2D eigenvalue weighted by Gasteiger charge is -2.13. The highest BCUT2D eigenvalue weighted by atomic mass is 19.1. The fraction of sp³-hybridized carbons (Fsp3) is 0.111. The van der Waals surface area contributed by atoms with Crippen LogP contribution in [0.2, 0.25) is 0 Å². The first-order chi connectivity index (χ1) is 13.0. The van der Waals surface area contributed by atoms with Gasteiger partial charge in [-0.15, -0.1) is 0 Å². The monoisotopic (exact) mass is 369 g/mol. The third-order valence-corrected chi connectivity index (χ3v) is 3.40. The molecule has 0 atom stereocenters. The second-order valence-corrected chi connectivity index (χ2v) is 5.70. The minimum atomic E-state index is -0.383. The second kappa shape index (κ2) is 8.17. The molecular formula is C18H17F2N7. The lowest BCUT2D eigenvalue weighted by atomic mass is 10.2. The molecule has 3 rings (SSSR count). The Labute approximate surface area is 154 Å². The van der Waals surface area contributed by atoms with Crippen LogP contribution in [0.3, 0.4) is 0 Å². The molecule has 0 fully saturated rings. The van der Waals surface area contributed by atoms with E-state index in [0.29, 0.717) is 17.2 Å². The van der Waals surface area contributed by atoms with Crippen LogP contribution in [-0.4, -0.2) is 35.3 Å². The van der Waals surface area contributed by atoms with Gasteiger partial charge in [0, 0.05) is 25.3 Å². The van der Waals surface area contributed by atoms with Gasteiger partial charge in [-0.3, -0.25) is 0 Å². The van der Waals surface area contributed by atoms with Crippen molar-refractivity contribution in [3.8, 4) is 0 Å². The Kier molecular flexibility index (Phi) is 5.50. The second-order valence-electron chi connectivity index (χ2n) is 5.70. The normalized spacial score (nSPS) is 10.8. The van der Waals surface area contributed by atoms with E-state index >= 15 is 0 Å². The van der Waals surface area contributed by atoms with Crippen molar-refractivity contribution in [1.82, 2.24) is 15.0 Å². The summed E-state index contributed by atoms with van der Waals surface area (Å²) in [6.07, 6.45) is 1.33. The van der Waals surface area contributed by atoms with E-state index in [1.54, 1.807) is 49.3 Å². The van der Waals surface area contributed by atoms with Gasteiger partial charge in [-0.1, -0.05) is 18.2 Å². The molecule has 0 aliphatic carbocycles. The molecule has 9 heteroatoms. The molecule has 2 N–H and O–H groups in total. The number of hydrogen-bond acceptors (Lipinski definition) is 7. The maximum Gasteiger partial charge on any atom is 0.250 e. The summed E-state index contributed by atoms with van der Waals surface area (Å²) in [5.41, 5.74) is 3.61. The molecule has 1 aromatic heterocycles. The number of nitrogens with zero attached hydrogens (tertiary/aromatic N) is 5. The Balaban J connectivity index is 1.80. The molecule has 7 nitrogen and oxygen atoms in total. The van der Waals surface area contributed by atoms with Crippen molar-refractivity contribution >= 4 is 29.7 Å². The first-order valence-corrected chi connectivity index (χ1v) is 8.01. The first kappa shape index (κ1) is 18.2. The van der Waals surface area contributed by atoms with E-state index in [2.05, 4.69) is 30.8 Å². The number of aromatic nitrogens is 3. The van der Waals surface area contributed by atoms with E-state index in [-0.39, 0.29) is 23.5 Å². The summed E-state index contributed by atoms with van der Waals surface area (Å²) < 4.78 is 26.7. The summed E-state index contributed by atoms with van der Waals surface area (Å²) in [7, 11) is 3.56. The molecule has 0 saturated carbocycles. The molecule has 0 bridgehead atoms. The molecule has 138 valence electrons. The zero-order valence-electron chi connectivity index (χ0n) is 14.7. The number of benzene rings is 2. The van der Waals surface area contributed by atoms with E-state index < -0.39 is 0 Å². The molecule has 27 heavy (non-hydrogen) atoms. The van der Waals surface area contributed by atoms with Gasteiger partial charge in [-0.25, -0.2) is 14.2 Å². The zero-order chi connectivity index (χ0) is 19.2. The van der Waals surface area contributed by atoms with Gasteiger partial charge in [0.25, 0.3) is 0 Å². The standard InChI is InChI=1S/C18H17F2N7/c1-27(2)18-24-16(22-14-9-7-13(19)8-10-14)23-17(25-18)26-21-11-12-5-3-4-6-15(12)20/h3-11H,1-2H3,(H2,22,23,24,25,26). The van der Waals surface area contributed by atoms with Crippen LogP contribution in [0.25, 0.3) is 0 Å². The van der Waals surface area contributed by atoms with Crippen LogP contribution in [0.1, 0.15) is 5.56 Å². The molecule has 0 radical (unpaired) electrons. The van der Waals surface area contributed by atoms with Crippen molar-refractivity contribution in [2.75, 3.05) is 29.7 Å². The summed E-state index contributed by atoms with van der Waals surface area (Å²) in [6, 6.07) is 12.0. The summed E-state index contributed by atoms with van der Waals surface area (Å²) in [5.74, 6) is 0.0920. The Morgan fingerprint density at radius 2 is 1.63 bits per heavy atom. The molecule has 0 aliphatic rings. The Bertz CT molecular complexity index is 943. The highest BCUT2D eigenvalue weighted by molar-refractivity contribution is 5.80. The van der Waals surface area contributed by atoms with Crippen LogP contribution in [0.15, 0.2) is 53.6 Å². The number of halogens is 2. The van der Waals surface area contributed by atoms with Gasteiger partial charge in [-0.2, -0.15) is 20.1 Å². The predicted octanol–water partition coefficient (Wildman–Crippen LogP) is 3.41. The predicted molar refractivity (Wildman–Crippen MR) is 101 cm³/mol. The van der Waals surface area contributed by atoms with E-state index in [1.165, 1.54) is 24.4 Å². The van der Waals surface area contributed by atoms with Crippen LogP contribution in [0.5, 0.6) is 0 Å². The Hall–Kier alpha value is -3.62. The third kappa shape index (κ3) is 4.94. The molecule has 0 aliphatic heterocycles. The molecule has 2 aromatic carbocycles. The van der Waals surface area contributed by atoms with E-state index in [0.717, 1.165) is 0 Å². The average Bonchev–Trinajstić information content (AvgIpc) is 2.65. The minimum Gasteiger partial charge on any atom is -0.347 e. The van der Waals surface area contributed by atoms with Crippen molar-refractivity contribution in [2.24, 2.45) is 5.10 Å². The van der Waals surface area contributed by atoms with Crippen molar-refractivity contribution in [3.05, 3.63) is 65.7 Å². The maximum atomic E-state index is 13.6. The molecule has 0 saturated heterocycles. The Morgan fingerprint density at radius 1 is 0.926 bits per heavy atom. The van der Waals surface area contributed by atoms with Crippen LogP contribution in [0, 0.1) is 11.6 Å². The van der Waals surface area contributed by atoms with Crippen LogP contribution in [0.4, 0.5) is 32.3 Å². The van der Waals surface area contributed by atoms with Crippen LogP contribution >= 0.6 is 0 Å². The van der Waals surface area contributed by atoms with Crippen molar-refractivity contribution < 1.29 is 8.78 Å². The molecule has 0 unspecified atom stereocenters. The van der Waals surface area contributed by atoms with Crippen molar-refractivity contribution in [1.29, 1.82) is 0 Å². The van der Waals surface area contributed by atoms with Crippen molar-refractivity contribution in [2.45, 2.75) is 0 Å².